The van der Waals surface area contributed by atoms with Crippen molar-refractivity contribution in [2.75, 3.05) is 13.2 Å². The van der Waals surface area contributed by atoms with Crippen LogP contribution in [0.25, 0.3) is 0 Å². The maximum absolute atomic E-state index is 9.37. The van der Waals surface area contributed by atoms with Crippen LogP contribution in [0, 0.1) is 13.8 Å². The van der Waals surface area contributed by atoms with Crippen molar-refractivity contribution in [2.45, 2.75) is 26.2 Å². The minimum atomic E-state index is -0.309. The Bertz CT molecular complexity index is 316. The van der Waals surface area contributed by atoms with Crippen LogP contribution in [0.4, 0.5) is 0 Å². The lowest BCUT2D eigenvalue weighted by Gasteiger charge is -2.28. The Balaban J connectivity index is 3.22. The highest BCUT2D eigenvalue weighted by Gasteiger charge is 2.25. The summed E-state index contributed by atoms with van der Waals surface area (Å²) >= 11 is 0. The highest BCUT2D eigenvalue weighted by molar-refractivity contribution is 5.36. The second kappa shape index (κ2) is 4.11. The van der Waals surface area contributed by atoms with Gasteiger partial charge >= 0.3 is 0 Å². The maximum atomic E-state index is 9.37. The molecule has 2 heteroatoms. The van der Waals surface area contributed by atoms with E-state index in [1.54, 1.807) is 0 Å². The van der Waals surface area contributed by atoms with Gasteiger partial charge in [0.25, 0.3) is 0 Å². The summed E-state index contributed by atoms with van der Waals surface area (Å²) in [6, 6.07) is 6.26. The third kappa shape index (κ3) is 1.97. The molecule has 0 bridgehead atoms. The van der Waals surface area contributed by atoms with E-state index in [9.17, 15) is 5.11 Å². The van der Waals surface area contributed by atoms with Crippen molar-refractivity contribution in [3.63, 3.8) is 0 Å². The predicted octanol–water partition coefficient (Wildman–Crippen LogP) is 1.51. The molecule has 14 heavy (non-hydrogen) atoms. The van der Waals surface area contributed by atoms with E-state index in [1.165, 1.54) is 11.1 Å². The Hall–Kier alpha value is -0.860. The number of hydrogen-bond acceptors (Lipinski definition) is 2. The Morgan fingerprint density at radius 3 is 2.50 bits per heavy atom. The van der Waals surface area contributed by atoms with E-state index in [4.69, 9.17) is 5.73 Å². The molecule has 3 N–H and O–H groups in total. The normalized spacial score (nSPS) is 15.2. The molecule has 0 spiro atoms. The van der Waals surface area contributed by atoms with Crippen LogP contribution < -0.4 is 5.73 Å². The van der Waals surface area contributed by atoms with Gasteiger partial charge in [-0.05, 0) is 25.0 Å². The summed E-state index contributed by atoms with van der Waals surface area (Å²) in [4.78, 5) is 0. The van der Waals surface area contributed by atoms with Gasteiger partial charge in [0.1, 0.15) is 0 Å². The zero-order valence-electron chi connectivity index (χ0n) is 9.17. The maximum Gasteiger partial charge on any atom is 0.0537 e. The quantitative estimate of drug-likeness (QED) is 0.764. The van der Waals surface area contributed by atoms with Gasteiger partial charge in [0, 0.05) is 12.0 Å². The third-order valence-corrected chi connectivity index (χ3v) is 2.84. The number of hydrogen-bond donors (Lipinski definition) is 2. The first-order valence-electron chi connectivity index (χ1n) is 4.92. The molecule has 0 amide bonds. The van der Waals surface area contributed by atoms with Crippen LogP contribution in [-0.4, -0.2) is 18.3 Å². The van der Waals surface area contributed by atoms with Gasteiger partial charge in [0.05, 0.1) is 6.61 Å². The van der Waals surface area contributed by atoms with E-state index in [2.05, 4.69) is 32.0 Å². The first kappa shape index (κ1) is 11.2. The highest BCUT2D eigenvalue weighted by atomic mass is 16.3. The minimum absolute atomic E-state index is 0.0911. The van der Waals surface area contributed by atoms with Gasteiger partial charge in [-0.1, -0.05) is 30.7 Å². The lowest BCUT2D eigenvalue weighted by atomic mass is 9.80. The van der Waals surface area contributed by atoms with Crippen molar-refractivity contribution in [3.05, 3.63) is 34.9 Å². The molecule has 78 valence electrons. The first-order valence-corrected chi connectivity index (χ1v) is 4.92. The van der Waals surface area contributed by atoms with Crippen molar-refractivity contribution in [1.82, 2.24) is 0 Å². The molecule has 0 saturated carbocycles. The molecule has 1 aromatic rings. The van der Waals surface area contributed by atoms with E-state index in [0.29, 0.717) is 6.54 Å². The van der Waals surface area contributed by atoms with Crippen LogP contribution in [0.2, 0.25) is 0 Å². The van der Waals surface area contributed by atoms with Gasteiger partial charge < -0.3 is 10.8 Å². The monoisotopic (exact) mass is 193 g/mol. The molecule has 1 unspecified atom stereocenters. The van der Waals surface area contributed by atoms with Gasteiger partial charge in [0.15, 0.2) is 0 Å². The van der Waals surface area contributed by atoms with Gasteiger partial charge in [-0.25, -0.2) is 0 Å². The summed E-state index contributed by atoms with van der Waals surface area (Å²) in [7, 11) is 0. The molecule has 0 saturated heterocycles. The van der Waals surface area contributed by atoms with Gasteiger partial charge in [-0.2, -0.15) is 0 Å². The molecule has 0 aliphatic rings. The van der Waals surface area contributed by atoms with Crippen molar-refractivity contribution in [1.29, 1.82) is 0 Å². The van der Waals surface area contributed by atoms with E-state index < -0.39 is 0 Å². The molecule has 0 heterocycles. The zero-order valence-corrected chi connectivity index (χ0v) is 9.17. The molecule has 1 atom stereocenters. The van der Waals surface area contributed by atoms with E-state index in [1.807, 2.05) is 6.92 Å². The Kier molecular flexibility index (Phi) is 3.29. The average Bonchev–Trinajstić information content (AvgIpc) is 2.20. The molecule has 0 radical (unpaired) electrons. The van der Waals surface area contributed by atoms with Crippen LogP contribution in [0.3, 0.4) is 0 Å². The molecular formula is C12H19NO. The van der Waals surface area contributed by atoms with Gasteiger partial charge in [-0.15, -0.1) is 0 Å². The van der Waals surface area contributed by atoms with Crippen molar-refractivity contribution < 1.29 is 5.11 Å². The fraction of sp³-hybridized carbons (Fsp3) is 0.500. The number of aliphatic hydroxyl groups is 1. The Morgan fingerprint density at radius 2 is 2.00 bits per heavy atom. The molecule has 0 aromatic heterocycles. The standard InChI is InChI=1S/C12H19NO/c1-9-4-5-10(2)11(6-9)12(3,7-13)8-14/h4-6,14H,7-8,13H2,1-3H3. The van der Waals surface area contributed by atoms with Gasteiger partial charge in [0.2, 0.25) is 0 Å². The van der Waals surface area contributed by atoms with Crippen molar-refractivity contribution in [3.8, 4) is 0 Å². The van der Waals surface area contributed by atoms with E-state index in [0.717, 1.165) is 5.56 Å². The second-order valence-corrected chi connectivity index (χ2v) is 4.24. The SMILES string of the molecule is Cc1ccc(C)c(C(C)(CN)CO)c1. The number of aryl methyl sites for hydroxylation is 2. The number of rotatable bonds is 3. The van der Waals surface area contributed by atoms with Gasteiger partial charge in [-0.3, -0.25) is 0 Å². The van der Waals surface area contributed by atoms with Crippen LogP contribution in [0.5, 0.6) is 0 Å². The minimum Gasteiger partial charge on any atom is -0.395 e. The molecular weight excluding hydrogens is 174 g/mol. The van der Waals surface area contributed by atoms with Crippen LogP contribution in [-0.2, 0) is 5.41 Å². The summed E-state index contributed by atoms with van der Waals surface area (Å²) in [6.07, 6.45) is 0. The Labute approximate surface area is 85.8 Å². The highest BCUT2D eigenvalue weighted by Crippen LogP contribution is 2.26. The summed E-state index contributed by atoms with van der Waals surface area (Å²) < 4.78 is 0. The third-order valence-electron chi connectivity index (χ3n) is 2.84. The van der Waals surface area contributed by atoms with Crippen molar-refractivity contribution in [2.24, 2.45) is 5.73 Å². The predicted molar refractivity (Wildman–Crippen MR) is 59.4 cm³/mol. The summed E-state index contributed by atoms with van der Waals surface area (Å²) in [5.41, 5.74) is 8.95. The number of aliphatic hydroxyl groups excluding tert-OH is 1. The summed E-state index contributed by atoms with van der Waals surface area (Å²) in [5, 5.41) is 9.37. The molecule has 0 aliphatic heterocycles. The molecule has 1 rings (SSSR count). The summed E-state index contributed by atoms with van der Waals surface area (Å²) in [5.74, 6) is 0. The van der Waals surface area contributed by atoms with E-state index >= 15 is 0 Å². The topological polar surface area (TPSA) is 46.2 Å². The van der Waals surface area contributed by atoms with E-state index in [-0.39, 0.29) is 12.0 Å². The summed E-state index contributed by atoms with van der Waals surface area (Å²) in [6.45, 7) is 6.66. The zero-order chi connectivity index (χ0) is 10.8. The molecule has 2 nitrogen and oxygen atoms in total. The number of nitrogens with two attached hydrogens (primary N) is 1. The molecule has 0 aliphatic carbocycles. The first-order chi connectivity index (χ1) is 6.53. The van der Waals surface area contributed by atoms with Crippen LogP contribution in [0.1, 0.15) is 23.6 Å². The Morgan fingerprint density at radius 1 is 1.36 bits per heavy atom. The smallest absolute Gasteiger partial charge is 0.0537 e. The van der Waals surface area contributed by atoms with Crippen LogP contribution >= 0.6 is 0 Å². The molecule has 0 fully saturated rings. The molecule has 1 aromatic carbocycles. The van der Waals surface area contributed by atoms with Crippen molar-refractivity contribution >= 4 is 0 Å². The largest absolute Gasteiger partial charge is 0.395 e. The fourth-order valence-electron chi connectivity index (χ4n) is 1.65. The van der Waals surface area contributed by atoms with Crippen LogP contribution in [0.15, 0.2) is 18.2 Å². The fourth-order valence-corrected chi connectivity index (χ4v) is 1.65. The average molecular weight is 193 g/mol. The number of benzene rings is 1. The second-order valence-electron chi connectivity index (χ2n) is 4.24. The lowest BCUT2D eigenvalue weighted by Crippen LogP contribution is -2.36. The lowest BCUT2D eigenvalue weighted by molar-refractivity contribution is 0.209.